The first-order chi connectivity index (χ1) is 1.73. The minimum Gasteiger partial charge on any atom is -0.117 e. The number of alkyl halides is 2. The molecule has 0 bridgehead atoms. The molecule has 0 amide bonds. The molecule has 3 heteroatoms. The lowest BCUT2D eigenvalue weighted by Crippen LogP contribution is -1.75. The van der Waals surface area contributed by atoms with Gasteiger partial charge in [-0.05, 0) is 0 Å². The van der Waals surface area contributed by atoms with Crippen molar-refractivity contribution in [2.24, 2.45) is 0 Å². The molecule has 0 saturated heterocycles. The third kappa shape index (κ3) is 17.2. The highest BCUT2D eigenvalue weighted by molar-refractivity contribution is 6.60. The van der Waals surface area contributed by atoms with Gasteiger partial charge >= 0.3 is 0 Å². The summed E-state index contributed by atoms with van der Waals surface area (Å²) in [7, 11) is 4.64. The topological polar surface area (TPSA) is 0 Å². The first-order valence-electron chi connectivity index (χ1n) is 0.770. The molecule has 0 nitrogen and oxygen atoms in total. The molecule has 0 saturated carbocycles. The summed E-state index contributed by atoms with van der Waals surface area (Å²) in [6.45, 7) is 0. The molecular formula is CHBCl2. The lowest BCUT2D eigenvalue weighted by atomic mass is 10.2. The van der Waals surface area contributed by atoms with Gasteiger partial charge in [-0.1, -0.05) is 0 Å². The molecular weight excluding hydrogens is 93.7 g/mol. The number of rotatable bonds is 0. The van der Waals surface area contributed by atoms with Crippen LogP contribution in [-0.4, -0.2) is 12.6 Å². The Balaban J connectivity index is 2.32. The van der Waals surface area contributed by atoms with Crippen molar-refractivity contribution in [1.29, 1.82) is 0 Å². The quantitative estimate of drug-likeness (QED) is 0.309. The lowest BCUT2D eigenvalue weighted by molar-refractivity contribution is 1.96. The third-order valence-electron chi connectivity index (χ3n) is 0. The zero-order chi connectivity index (χ0) is 3.58. The highest BCUT2D eigenvalue weighted by atomic mass is 35.5. The number of hydrogen-bond donors (Lipinski definition) is 0. The standard InChI is InChI=1S/CHBCl2/c2-1(3)4/h1H. The van der Waals surface area contributed by atoms with Crippen LogP contribution < -0.4 is 0 Å². The Bertz CT molecular complexity index is 10.8. The first kappa shape index (κ1) is 4.64. The van der Waals surface area contributed by atoms with Crippen molar-refractivity contribution in [2.45, 2.75) is 4.74 Å². The van der Waals surface area contributed by atoms with Crippen LogP contribution in [0.3, 0.4) is 0 Å². The predicted octanol–water partition coefficient (Wildman–Crippen LogP) is 0.916. The van der Waals surface area contributed by atoms with E-state index in [1.165, 1.54) is 0 Å². The van der Waals surface area contributed by atoms with Crippen molar-refractivity contribution in [3.05, 3.63) is 0 Å². The van der Waals surface area contributed by atoms with Crippen LogP contribution in [0.4, 0.5) is 0 Å². The Morgan fingerprint density at radius 3 is 1.50 bits per heavy atom. The van der Waals surface area contributed by atoms with Crippen molar-refractivity contribution in [3.63, 3.8) is 0 Å². The summed E-state index contributed by atoms with van der Waals surface area (Å²) in [5, 5.41) is 0. The van der Waals surface area contributed by atoms with Crippen molar-refractivity contribution in [3.8, 4) is 0 Å². The SMILES string of the molecule is [B]C(Cl)Cl. The molecule has 0 aliphatic rings. The summed E-state index contributed by atoms with van der Waals surface area (Å²) in [6, 6.07) is 0. The molecule has 0 aromatic rings. The Kier molecular flexibility index (Phi) is 2.23. The number of halogens is 2. The molecule has 0 fully saturated rings. The second-order valence-electron chi connectivity index (χ2n) is 0.334. The van der Waals surface area contributed by atoms with E-state index in [2.05, 4.69) is 7.85 Å². The van der Waals surface area contributed by atoms with Gasteiger partial charge in [0.2, 0.25) is 0 Å². The van der Waals surface area contributed by atoms with Gasteiger partial charge in [-0.15, -0.1) is 23.2 Å². The van der Waals surface area contributed by atoms with Crippen LogP contribution in [0.2, 0.25) is 0 Å². The maximum Gasteiger partial charge on any atom is 0.114 e. The van der Waals surface area contributed by atoms with E-state index in [1.807, 2.05) is 0 Å². The second kappa shape index (κ2) is 1.92. The fourth-order valence-corrected chi connectivity index (χ4v) is 0. The first-order valence-corrected chi connectivity index (χ1v) is 1.64. The van der Waals surface area contributed by atoms with E-state index in [-0.39, 0.29) is 0 Å². The van der Waals surface area contributed by atoms with Gasteiger partial charge in [0, 0.05) is 0 Å². The number of hydrogen-bond acceptors (Lipinski definition) is 0. The summed E-state index contributed by atoms with van der Waals surface area (Å²) >= 11 is 9.64. The van der Waals surface area contributed by atoms with Gasteiger partial charge in [0.15, 0.2) is 0 Å². The summed E-state index contributed by atoms with van der Waals surface area (Å²) in [6.07, 6.45) is 0. The Hall–Kier alpha value is 0.645. The van der Waals surface area contributed by atoms with Crippen molar-refractivity contribution < 1.29 is 0 Å². The molecule has 2 radical (unpaired) electrons. The molecule has 22 valence electrons. The fourth-order valence-electron chi connectivity index (χ4n) is 0. The average molecular weight is 94.7 g/mol. The molecule has 0 spiro atoms. The van der Waals surface area contributed by atoms with Crippen molar-refractivity contribution >= 4 is 31.0 Å². The van der Waals surface area contributed by atoms with E-state index >= 15 is 0 Å². The average Bonchev–Trinajstić information content (AvgIpc) is 0.811. The van der Waals surface area contributed by atoms with Crippen LogP contribution in [0.1, 0.15) is 0 Å². The summed E-state index contributed by atoms with van der Waals surface area (Å²) in [4.78, 5) is 0. The Morgan fingerprint density at radius 1 is 1.50 bits per heavy atom. The molecule has 0 aliphatic carbocycles. The highest BCUT2D eigenvalue weighted by Gasteiger charge is 1.75. The molecule has 0 aliphatic heterocycles. The lowest BCUT2D eigenvalue weighted by Gasteiger charge is -1.72. The van der Waals surface area contributed by atoms with Gasteiger partial charge < -0.3 is 0 Å². The van der Waals surface area contributed by atoms with Crippen LogP contribution in [0, 0.1) is 0 Å². The second-order valence-corrected chi connectivity index (χ2v) is 1.50. The highest BCUT2D eigenvalue weighted by Crippen LogP contribution is 1.90. The fraction of sp³-hybridized carbons (Fsp3) is 1.00. The van der Waals surface area contributed by atoms with Gasteiger partial charge in [0.1, 0.15) is 7.85 Å². The molecule has 0 rings (SSSR count). The van der Waals surface area contributed by atoms with Gasteiger partial charge in [0.25, 0.3) is 0 Å². The minimum absolute atomic E-state index is 0.722. The molecule has 0 unspecified atom stereocenters. The summed E-state index contributed by atoms with van der Waals surface area (Å²) in [5.74, 6) is 0. The zero-order valence-corrected chi connectivity index (χ0v) is 3.42. The monoisotopic (exact) mass is 94.0 g/mol. The van der Waals surface area contributed by atoms with E-state index < -0.39 is 4.74 Å². The normalized spacial score (nSPS) is 8.75. The van der Waals surface area contributed by atoms with Crippen LogP contribution in [0.25, 0.3) is 0 Å². The van der Waals surface area contributed by atoms with Gasteiger partial charge in [0.05, 0.1) is 4.74 Å². The maximum atomic E-state index is 4.82. The summed E-state index contributed by atoms with van der Waals surface area (Å²) in [5.41, 5.74) is 0. The smallest absolute Gasteiger partial charge is 0.114 e. The van der Waals surface area contributed by atoms with Crippen LogP contribution in [0.15, 0.2) is 0 Å². The molecule has 0 atom stereocenters. The summed E-state index contributed by atoms with van der Waals surface area (Å²) < 4.78 is -0.722. The van der Waals surface area contributed by atoms with Gasteiger partial charge in [-0.25, -0.2) is 0 Å². The van der Waals surface area contributed by atoms with Crippen molar-refractivity contribution in [1.82, 2.24) is 0 Å². The largest absolute Gasteiger partial charge is 0.117 e. The van der Waals surface area contributed by atoms with Crippen LogP contribution in [-0.2, 0) is 0 Å². The molecule has 0 aromatic carbocycles. The van der Waals surface area contributed by atoms with Crippen LogP contribution in [0.5, 0.6) is 0 Å². The zero-order valence-electron chi connectivity index (χ0n) is 1.91. The maximum absolute atomic E-state index is 4.82. The van der Waals surface area contributed by atoms with E-state index in [4.69, 9.17) is 23.2 Å². The Labute approximate surface area is 36.5 Å². The van der Waals surface area contributed by atoms with Crippen molar-refractivity contribution in [2.75, 3.05) is 0 Å². The van der Waals surface area contributed by atoms with E-state index in [0.717, 1.165) is 0 Å². The molecule has 0 N–H and O–H groups in total. The molecule has 0 aromatic heterocycles. The van der Waals surface area contributed by atoms with E-state index in [9.17, 15) is 0 Å². The Morgan fingerprint density at radius 2 is 1.50 bits per heavy atom. The van der Waals surface area contributed by atoms with E-state index in [0.29, 0.717) is 0 Å². The van der Waals surface area contributed by atoms with E-state index in [1.54, 1.807) is 0 Å². The van der Waals surface area contributed by atoms with Gasteiger partial charge in [-0.2, -0.15) is 0 Å². The minimum atomic E-state index is -0.722. The van der Waals surface area contributed by atoms with Crippen LogP contribution >= 0.6 is 23.2 Å². The molecule has 0 heterocycles. The molecule has 4 heavy (non-hydrogen) atoms. The third-order valence-corrected chi connectivity index (χ3v) is 0. The van der Waals surface area contributed by atoms with Gasteiger partial charge in [-0.3, -0.25) is 0 Å². The predicted molar refractivity (Wildman–Crippen MR) is 21.2 cm³/mol.